The second-order valence-electron chi connectivity index (χ2n) is 7.95. The number of hydrogen-bond acceptors (Lipinski definition) is 7. The minimum atomic E-state index is -1.22. The molecule has 0 aliphatic carbocycles. The van der Waals surface area contributed by atoms with Gasteiger partial charge in [0.15, 0.2) is 5.78 Å². The zero-order chi connectivity index (χ0) is 25.8. The molecule has 2 aromatic heterocycles. The maximum Gasteiger partial charge on any atom is 0.276 e. The van der Waals surface area contributed by atoms with Gasteiger partial charge in [-0.3, -0.25) is 25.0 Å². The number of hydrogen-bond donors (Lipinski definition) is 0. The molecule has 0 aliphatic heterocycles. The molecule has 0 bridgehead atoms. The van der Waals surface area contributed by atoms with Crippen molar-refractivity contribution in [3.8, 4) is 0 Å². The second-order valence-corrected chi connectivity index (χ2v) is 7.95. The largest absolute Gasteiger partial charge is 0.336 e. The van der Waals surface area contributed by atoms with Crippen molar-refractivity contribution < 1.29 is 23.4 Å². The first-order chi connectivity index (χ1) is 17.2. The van der Waals surface area contributed by atoms with Gasteiger partial charge in [-0.15, -0.1) is 0 Å². The zero-order valence-electron chi connectivity index (χ0n) is 18.5. The molecule has 184 valence electrons. The number of aromatic nitrogens is 4. The number of nitro groups is 2. The third-order valence-electron chi connectivity index (χ3n) is 5.72. The van der Waals surface area contributed by atoms with E-state index in [9.17, 15) is 33.8 Å². The number of rotatable bonds is 10. The normalized spacial score (nSPS) is 12.7. The molecule has 0 fully saturated rings. The lowest BCUT2D eigenvalue weighted by atomic mass is 9.82. The number of carbonyl (C=O) groups excluding carboxylic acids is 1. The number of ketones is 1. The van der Waals surface area contributed by atoms with E-state index in [4.69, 9.17) is 0 Å². The number of nitrogens with zero attached hydrogens (tertiary/aromatic N) is 6. The third kappa shape index (κ3) is 5.14. The lowest BCUT2D eigenvalue weighted by Crippen LogP contribution is -2.28. The van der Waals surface area contributed by atoms with Crippen molar-refractivity contribution in [1.82, 2.24) is 19.1 Å². The Labute approximate surface area is 202 Å². The highest BCUT2D eigenvalue weighted by Gasteiger charge is 2.37. The smallest absolute Gasteiger partial charge is 0.276 e. The molecule has 0 saturated carbocycles. The predicted molar refractivity (Wildman–Crippen MR) is 121 cm³/mol. The molecule has 0 aliphatic rings. The quantitative estimate of drug-likeness (QED) is 0.239. The minimum absolute atomic E-state index is 0.0690. The van der Waals surface area contributed by atoms with E-state index in [0.29, 0.717) is 0 Å². The van der Waals surface area contributed by atoms with Gasteiger partial charge in [-0.25, -0.2) is 18.7 Å². The third-order valence-corrected chi connectivity index (χ3v) is 5.72. The van der Waals surface area contributed by atoms with E-state index in [1.165, 1.54) is 34.2 Å². The molecule has 0 saturated heterocycles. The molecule has 2 atom stereocenters. The van der Waals surface area contributed by atoms with Crippen molar-refractivity contribution in [3.05, 3.63) is 117 Å². The highest BCUT2D eigenvalue weighted by molar-refractivity contribution is 5.93. The summed E-state index contributed by atoms with van der Waals surface area (Å²) in [5.41, 5.74) is -1.35. The topological polar surface area (TPSA) is 139 Å². The van der Waals surface area contributed by atoms with Gasteiger partial charge in [0, 0.05) is 49.0 Å². The summed E-state index contributed by atoms with van der Waals surface area (Å²) in [6.45, 7) is -0.221. The SMILES string of the molecule is O=C(C(Cn1ccnc1)c1ccc(F)cc1[N+](=O)[O-])C(Cn1ccnc1)c1ccc(F)cc1[N+](=O)[O-]. The molecule has 13 heteroatoms. The van der Waals surface area contributed by atoms with Crippen LogP contribution in [0.25, 0.3) is 0 Å². The minimum Gasteiger partial charge on any atom is -0.336 e. The molecule has 0 N–H and O–H groups in total. The van der Waals surface area contributed by atoms with Crippen LogP contribution in [0.1, 0.15) is 23.0 Å². The molecule has 0 radical (unpaired) electrons. The van der Waals surface area contributed by atoms with Crippen molar-refractivity contribution in [3.63, 3.8) is 0 Å². The summed E-state index contributed by atoms with van der Waals surface area (Å²) < 4.78 is 30.8. The van der Waals surface area contributed by atoms with Gasteiger partial charge in [-0.1, -0.05) is 0 Å². The lowest BCUT2D eigenvalue weighted by Gasteiger charge is -2.24. The number of benzene rings is 2. The van der Waals surface area contributed by atoms with Crippen LogP contribution in [0, 0.1) is 31.9 Å². The first kappa shape index (κ1) is 24.3. The Hall–Kier alpha value is -4.81. The van der Waals surface area contributed by atoms with E-state index in [2.05, 4.69) is 9.97 Å². The fourth-order valence-electron chi connectivity index (χ4n) is 4.08. The molecule has 4 aromatic rings. The van der Waals surface area contributed by atoms with Crippen molar-refractivity contribution in [2.45, 2.75) is 24.9 Å². The summed E-state index contributed by atoms with van der Waals surface area (Å²) >= 11 is 0. The molecule has 4 rings (SSSR count). The fraction of sp³-hybridized carbons (Fsp3) is 0.174. The Morgan fingerprint density at radius 2 is 1.22 bits per heavy atom. The van der Waals surface area contributed by atoms with Gasteiger partial charge in [0.05, 0.1) is 46.5 Å². The summed E-state index contributed by atoms with van der Waals surface area (Å²) in [6.07, 6.45) is 8.80. The van der Waals surface area contributed by atoms with E-state index in [1.807, 2.05) is 0 Å². The number of nitro benzene ring substituents is 2. The van der Waals surface area contributed by atoms with Crippen LogP contribution >= 0.6 is 0 Å². The Morgan fingerprint density at radius 1 is 0.806 bits per heavy atom. The summed E-state index contributed by atoms with van der Waals surface area (Å²) in [6, 6.07) is 5.74. The number of Topliss-reactive ketones (excluding diaryl/α,β-unsaturated/α-hetero) is 1. The van der Waals surface area contributed by atoms with E-state index in [-0.39, 0.29) is 24.2 Å². The van der Waals surface area contributed by atoms with Crippen molar-refractivity contribution in [2.75, 3.05) is 0 Å². The maximum absolute atomic E-state index is 14.1. The van der Waals surface area contributed by atoms with Crippen LogP contribution < -0.4 is 0 Å². The van der Waals surface area contributed by atoms with Gasteiger partial charge >= 0.3 is 0 Å². The van der Waals surface area contributed by atoms with Gasteiger partial charge in [-0.05, 0) is 24.3 Å². The van der Waals surface area contributed by atoms with E-state index in [0.717, 1.165) is 36.4 Å². The predicted octanol–water partition coefficient (Wildman–Crippen LogP) is 4.01. The molecule has 2 unspecified atom stereocenters. The Morgan fingerprint density at radius 3 is 1.56 bits per heavy atom. The number of halogens is 2. The first-order valence-corrected chi connectivity index (χ1v) is 10.6. The summed E-state index contributed by atoms with van der Waals surface area (Å²) in [5.74, 6) is -4.79. The molecule has 0 spiro atoms. The van der Waals surface area contributed by atoms with Gasteiger partial charge < -0.3 is 9.13 Å². The van der Waals surface area contributed by atoms with Gasteiger partial charge in [0.2, 0.25) is 0 Å². The zero-order valence-corrected chi connectivity index (χ0v) is 18.5. The molecule has 36 heavy (non-hydrogen) atoms. The molecular weight excluding hydrogens is 478 g/mol. The van der Waals surface area contributed by atoms with Gasteiger partial charge in [0.25, 0.3) is 11.4 Å². The fourth-order valence-corrected chi connectivity index (χ4v) is 4.08. The van der Waals surface area contributed by atoms with Crippen LogP contribution in [0.15, 0.2) is 73.8 Å². The lowest BCUT2D eigenvalue weighted by molar-refractivity contribution is -0.385. The highest BCUT2D eigenvalue weighted by Crippen LogP contribution is 2.37. The van der Waals surface area contributed by atoms with Crippen LogP contribution in [0.4, 0.5) is 20.2 Å². The summed E-state index contributed by atoms with van der Waals surface area (Å²) in [7, 11) is 0. The number of carbonyl (C=O) groups is 1. The average molecular weight is 496 g/mol. The van der Waals surface area contributed by atoms with Crippen LogP contribution in [-0.2, 0) is 17.9 Å². The second kappa shape index (κ2) is 10.2. The monoisotopic (exact) mass is 496 g/mol. The standard InChI is InChI=1S/C23H18F2N6O5/c24-15-1-3-17(21(9-15)30(33)34)19(11-28-7-5-26-13-28)23(32)20(12-29-8-6-27-14-29)18-4-2-16(25)10-22(18)31(35)36/h1-10,13-14,19-20H,11-12H2. The summed E-state index contributed by atoms with van der Waals surface area (Å²) in [5, 5.41) is 23.5. The van der Waals surface area contributed by atoms with E-state index >= 15 is 0 Å². The molecular formula is C23H18F2N6O5. The van der Waals surface area contributed by atoms with Crippen molar-refractivity contribution >= 4 is 17.2 Å². The van der Waals surface area contributed by atoms with E-state index in [1.54, 1.807) is 12.4 Å². The maximum atomic E-state index is 14.1. The first-order valence-electron chi connectivity index (χ1n) is 10.6. The van der Waals surface area contributed by atoms with Crippen LogP contribution in [0.3, 0.4) is 0 Å². The molecule has 0 amide bonds. The Balaban J connectivity index is 1.88. The highest BCUT2D eigenvalue weighted by atomic mass is 19.1. The molecule has 2 heterocycles. The average Bonchev–Trinajstić information content (AvgIpc) is 3.55. The molecule has 2 aromatic carbocycles. The van der Waals surface area contributed by atoms with Crippen molar-refractivity contribution in [2.24, 2.45) is 0 Å². The van der Waals surface area contributed by atoms with Crippen LogP contribution in [-0.4, -0.2) is 34.7 Å². The Bertz CT molecular complexity index is 1300. The molecule has 11 nitrogen and oxygen atoms in total. The number of imidazole rings is 2. The summed E-state index contributed by atoms with van der Waals surface area (Å²) in [4.78, 5) is 43.9. The van der Waals surface area contributed by atoms with Gasteiger partial charge in [0.1, 0.15) is 11.6 Å². The van der Waals surface area contributed by atoms with Crippen LogP contribution in [0.5, 0.6) is 0 Å². The Kier molecular flexibility index (Phi) is 6.90. The van der Waals surface area contributed by atoms with Crippen molar-refractivity contribution in [1.29, 1.82) is 0 Å². The van der Waals surface area contributed by atoms with Crippen LogP contribution in [0.2, 0.25) is 0 Å². The van der Waals surface area contributed by atoms with E-state index < -0.39 is 50.5 Å². The van der Waals surface area contributed by atoms with Gasteiger partial charge in [-0.2, -0.15) is 0 Å².